The molecular weight excluding hydrogens is 292 g/mol. The molecule has 0 bridgehead atoms. The zero-order valence-electron chi connectivity index (χ0n) is 12.3. The van der Waals surface area contributed by atoms with Crippen molar-refractivity contribution in [2.75, 3.05) is 11.9 Å². The molecule has 0 spiro atoms. The Hall–Kier alpha value is -3.15. The van der Waals surface area contributed by atoms with E-state index in [4.69, 9.17) is 4.74 Å². The van der Waals surface area contributed by atoms with E-state index < -0.39 is 0 Å². The van der Waals surface area contributed by atoms with Crippen molar-refractivity contribution >= 4 is 11.7 Å². The number of ether oxygens (including phenoxy) is 1. The van der Waals surface area contributed by atoms with E-state index in [1.807, 2.05) is 35.1 Å². The third-order valence-corrected chi connectivity index (χ3v) is 3.62. The minimum atomic E-state index is -0.187. The molecule has 0 saturated heterocycles. The summed E-state index contributed by atoms with van der Waals surface area (Å²) in [4.78, 5) is 15.5. The molecule has 3 aromatic rings. The Kier molecular flexibility index (Phi) is 3.27. The molecular formula is C17H14N4O2. The molecule has 1 N–H and O–H groups in total. The van der Waals surface area contributed by atoms with Crippen LogP contribution in [0.3, 0.4) is 0 Å². The van der Waals surface area contributed by atoms with Crippen LogP contribution < -0.4 is 10.1 Å². The summed E-state index contributed by atoms with van der Waals surface area (Å²) in [5, 5.41) is 7.07. The molecule has 6 heteroatoms. The topological polar surface area (TPSA) is 69.0 Å². The average Bonchev–Trinajstić information content (AvgIpc) is 3.04. The van der Waals surface area contributed by atoms with Gasteiger partial charge in [-0.05, 0) is 11.6 Å². The number of aromatic nitrogens is 3. The lowest BCUT2D eigenvalue weighted by Gasteiger charge is -2.17. The van der Waals surface area contributed by atoms with E-state index >= 15 is 0 Å². The van der Waals surface area contributed by atoms with Gasteiger partial charge in [0.2, 0.25) is 0 Å². The zero-order valence-corrected chi connectivity index (χ0v) is 12.3. The Morgan fingerprint density at radius 1 is 1.17 bits per heavy atom. The standard InChI is InChI=1S/C17H14N4O2/c22-16-11-23-15-6-13(7-18-17(15)20-16)14-8-19-21(10-14)9-12-4-2-1-3-5-12/h1-8,10H,9,11H2,(H,18,20,22). The third kappa shape index (κ3) is 2.78. The predicted molar refractivity (Wildman–Crippen MR) is 85.1 cm³/mol. The lowest BCUT2D eigenvalue weighted by Crippen LogP contribution is -2.26. The molecule has 114 valence electrons. The molecule has 6 nitrogen and oxygen atoms in total. The first-order valence-electron chi connectivity index (χ1n) is 7.27. The highest BCUT2D eigenvalue weighted by Gasteiger charge is 2.18. The van der Waals surface area contributed by atoms with Crippen molar-refractivity contribution in [1.82, 2.24) is 14.8 Å². The van der Waals surface area contributed by atoms with E-state index in [0.717, 1.165) is 11.1 Å². The Balaban J connectivity index is 1.58. The number of fused-ring (bicyclic) bond motifs is 1. The van der Waals surface area contributed by atoms with Gasteiger partial charge in [0.15, 0.2) is 18.2 Å². The molecule has 0 fully saturated rings. The number of rotatable bonds is 3. The number of carbonyl (C=O) groups excluding carboxylic acids is 1. The van der Waals surface area contributed by atoms with Gasteiger partial charge in [0.1, 0.15) is 0 Å². The van der Waals surface area contributed by atoms with Gasteiger partial charge in [-0.25, -0.2) is 4.98 Å². The maximum atomic E-state index is 11.3. The van der Waals surface area contributed by atoms with Gasteiger partial charge in [-0.1, -0.05) is 30.3 Å². The van der Waals surface area contributed by atoms with Crippen LogP contribution in [-0.2, 0) is 11.3 Å². The molecule has 1 amide bonds. The molecule has 0 aliphatic carbocycles. The van der Waals surface area contributed by atoms with Crippen LogP contribution >= 0.6 is 0 Å². The second-order valence-corrected chi connectivity index (χ2v) is 5.32. The van der Waals surface area contributed by atoms with Crippen molar-refractivity contribution in [3.8, 4) is 16.9 Å². The molecule has 0 radical (unpaired) electrons. The van der Waals surface area contributed by atoms with E-state index in [0.29, 0.717) is 18.1 Å². The van der Waals surface area contributed by atoms with Gasteiger partial charge in [0.05, 0.1) is 12.7 Å². The maximum absolute atomic E-state index is 11.3. The van der Waals surface area contributed by atoms with Crippen LogP contribution in [0.1, 0.15) is 5.56 Å². The molecule has 3 heterocycles. The Bertz CT molecular complexity index is 858. The molecule has 0 atom stereocenters. The highest BCUT2D eigenvalue weighted by molar-refractivity contribution is 5.94. The summed E-state index contributed by atoms with van der Waals surface area (Å²) >= 11 is 0. The largest absolute Gasteiger partial charge is 0.480 e. The number of nitrogens with zero attached hydrogens (tertiary/aromatic N) is 3. The van der Waals surface area contributed by atoms with Gasteiger partial charge < -0.3 is 10.1 Å². The van der Waals surface area contributed by atoms with Gasteiger partial charge >= 0.3 is 0 Å². The normalized spacial score (nSPS) is 13.1. The molecule has 1 aliphatic heterocycles. The fourth-order valence-corrected chi connectivity index (χ4v) is 2.49. The summed E-state index contributed by atoms with van der Waals surface area (Å²) < 4.78 is 7.28. The van der Waals surface area contributed by atoms with Crippen LogP contribution in [0.15, 0.2) is 55.0 Å². The minimum Gasteiger partial charge on any atom is -0.480 e. The summed E-state index contributed by atoms with van der Waals surface area (Å²) in [5.74, 6) is 0.855. The summed E-state index contributed by atoms with van der Waals surface area (Å²) in [6, 6.07) is 12.0. The van der Waals surface area contributed by atoms with Gasteiger partial charge in [-0.15, -0.1) is 0 Å². The van der Waals surface area contributed by atoms with Crippen molar-refractivity contribution in [3.05, 3.63) is 60.6 Å². The van der Waals surface area contributed by atoms with Crippen molar-refractivity contribution in [2.24, 2.45) is 0 Å². The van der Waals surface area contributed by atoms with Crippen molar-refractivity contribution < 1.29 is 9.53 Å². The Labute approximate surface area is 132 Å². The summed E-state index contributed by atoms with van der Waals surface area (Å²) in [5.41, 5.74) is 3.05. The highest BCUT2D eigenvalue weighted by atomic mass is 16.5. The van der Waals surface area contributed by atoms with E-state index in [2.05, 4.69) is 27.5 Å². The molecule has 0 unspecified atom stereocenters. The summed E-state index contributed by atoms with van der Waals surface area (Å²) in [6.07, 6.45) is 5.48. The lowest BCUT2D eigenvalue weighted by molar-refractivity contribution is -0.118. The molecule has 1 aliphatic rings. The summed E-state index contributed by atoms with van der Waals surface area (Å²) in [6.45, 7) is 0.733. The Morgan fingerprint density at radius 2 is 2.04 bits per heavy atom. The average molecular weight is 306 g/mol. The number of carbonyl (C=O) groups is 1. The quantitative estimate of drug-likeness (QED) is 0.806. The molecule has 0 saturated carbocycles. The first kappa shape index (κ1) is 13.5. The van der Waals surface area contributed by atoms with E-state index in [1.54, 1.807) is 12.4 Å². The van der Waals surface area contributed by atoms with Crippen molar-refractivity contribution in [1.29, 1.82) is 0 Å². The molecule has 2 aromatic heterocycles. The first-order chi connectivity index (χ1) is 11.3. The fourth-order valence-electron chi connectivity index (χ4n) is 2.49. The van der Waals surface area contributed by atoms with Crippen LogP contribution in [0.2, 0.25) is 0 Å². The van der Waals surface area contributed by atoms with Crippen LogP contribution in [0.25, 0.3) is 11.1 Å². The fraction of sp³-hybridized carbons (Fsp3) is 0.118. The lowest BCUT2D eigenvalue weighted by atomic mass is 10.1. The molecule has 4 rings (SSSR count). The SMILES string of the molecule is O=C1COc2cc(-c3cnn(Cc4ccccc4)c3)cnc2N1. The van der Waals surface area contributed by atoms with Crippen molar-refractivity contribution in [3.63, 3.8) is 0 Å². The second-order valence-electron chi connectivity index (χ2n) is 5.32. The monoisotopic (exact) mass is 306 g/mol. The Morgan fingerprint density at radius 3 is 2.91 bits per heavy atom. The number of benzene rings is 1. The van der Waals surface area contributed by atoms with Crippen LogP contribution in [-0.4, -0.2) is 27.3 Å². The third-order valence-electron chi connectivity index (χ3n) is 3.62. The van der Waals surface area contributed by atoms with E-state index in [-0.39, 0.29) is 12.5 Å². The van der Waals surface area contributed by atoms with Gasteiger partial charge in [-0.2, -0.15) is 5.10 Å². The first-order valence-corrected chi connectivity index (χ1v) is 7.27. The van der Waals surface area contributed by atoms with Gasteiger partial charge in [-0.3, -0.25) is 9.48 Å². The van der Waals surface area contributed by atoms with Crippen LogP contribution in [0.4, 0.5) is 5.82 Å². The summed E-state index contributed by atoms with van der Waals surface area (Å²) in [7, 11) is 0. The van der Waals surface area contributed by atoms with Crippen molar-refractivity contribution in [2.45, 2.75) is 6.54 Å². The van der Waals surface area contributed by atoms with E-state index in [9.17, 15) is 4.79 Å². The smallest absolute Gasteiger partial charge is 0.263 e. The second kappa shape index (κ2) is 5.57. The van der Waals surface area contributed by atoms with Gasteiger partial charge in [0, 0.05) is 23.5 Å². The molecule has 23 heavy (non-hydrogen) atoms. The number of hydrogen-bond acceptors (Lipinski definition) is 4. The number of nitrogens with one attached hydrogen (secondary N) is 1. The predicted octanol–water partition coefficient (Wildman–Crippen LogP) is 2.32. The van der Waals surface area contributed by atoms with Crippen LogP contribution in [0, 0.1) is 0 Å². The minimum absolute atomic E-state index is 0.0192. The number of anilines is 1. The number of pyridine rings is 1. The van der Waals surface area contributed by atoms with Gasteiger partial charge in [0.25, 0.3) is 5.91 Å². The zero-order chi connectivity index (χ0) is 15.6. The van der Waals surface area contributed by atoms with Crippen LogP contribution in [0.5, 0.6) is 5.75 Å². The molecule has 1 aromatic carbocycles. The highest BCUT2D eigenvalue weighted by Crippen LogP contribution is 2.30. The number of hydrogen-bond donors (Lipinski definition) is 1. The van der Waals surface area contributed by atoms with E-state index in [1.165, 1.54) is 5.56 Å². The number of amides is 1. The maximum Gasteiger partial charge on any atom is 0.263 e.